The number of aliphatic hydroxyl groups excluding tert-OH is 1. The third-order valence-corrected chi connectivity index (χ3v) is 8.90. The van der Waals surface area contributed by atoms with Crippen molar-refractivity contribution in [2.24, 2.45) is 17.8 Å². The highest BCUT2D eigenvalue weighted by atomic mass is 16.3. The largest absolute Gasteiger partial charge is 0.396 e. The second kappa shape index (κ2) is 9.88. The van der Waals surface area contributed by atoms with Crippen molar-refractivity contribution in [3.8, 4) is 11.1 Å². The van der Waals surface area contributed by atoms with E-state index in [0.717, 1.165) is 43.6 Å². The minimum absolute atomic E-state index is 0.0554. The fraction of sp³-hybridized carbons (Fsp3) is 0.433. The first kappa shape index (κ1) is 24.1. The van der Waals surface area contributed by atoms with Gasteiger partial charge in [0.1, 0.15) is 0 Å². The molecule has 0 radical (unpaired) electrons. The number of rotatable bonds is 5. The van der Waals surface area contributed by atoms with Crippen molar-refractivity contribution in [1.29, 1.82) is 0 Å². The molecule has 7 nitrogen and oxygen atoms in total. The van der Waals surface area contributed by atoms with Gasteiger partial charge in [0.15, 0.2) is 0 Å². The molecule has 6 rings (SSSR count). The number of pyridine rings is 2. The lowest BCUT2D eigenvalue weighted by molar-refractivity contribution is -0.139. The van der Waals surface area contributed by atoms with Crippen molar-refractivity contribution < 1.29 is 9.90 Å². The van der Waals surface area contributed by atoms with Gasteiger partial charge in [-0.25, -0.2) is 0 Å². The summed E-state index contributed by atoms with van der Waals surface area (Å²) in [7, 11) is 2.03. The third-order valence-electron chi connectivity index (χ3n) is 8.90. The molecular formula is C30H34N4O3. The van der Waals surface area contributed by atoms with E-state index in [2.05, 4.69) is 34.1 Å². The van der Waals surface area contributed by atoms with Gasteiger partial charge in [-0.05, 0) is 56.0 Å². The Morgan fingerprint density at radius 3 is 2.54 bits per heavy atom. The molecule has 1 aromatic carbocycles. The van der Waals surface area contributed by atoms with Crippen LogP contribution in [0.5, 0.6) is 0 Å². The van der Waals surface area contributed by atoms with Crippen LogP contribution in [0.2, 0.25) is 0 Å². The van der Waals surface area contributed by atoms with Gasteiger partial charge in [0.2, 0.25) is 5.91 Å². The molecule has 0 spiro atoms. The first-order valence-electron chi connectivity index (χ1n) is 13.4. The minimum atomic E-state index is -0.358. The number of aliphatic hydroxyl groups is 1. The van der Waals surface area contributed by atoms with Gasteiger partial charge in [0.25, 0.3) is 5.56 Å². The Morgan fingerprint density at radius 1 is 1.05 bits per heavy atom. The van der Waals surface area contributed by atoms with Crippen LogP contribution in [0.4, 0.5) is 0 Å². The number of hydrogen-bond donors (Lipinski definition) is 1. The molecule has 1 N–H and O–H groups in total. The smallest absolute Gasteiger partial charge is 0.258 e. The van der Waals surface area contributed by atoms with Gasteiger partial charge in [-0.3, -0.25) is 19.5 Å². The standard InChI is InChI=1S/C30H34N4O3/c1-32-26-18-34-25(10-9-23(29(34)36)22-8-5-13-31-17-22)28(32)27(24(26)19-35)30(37)33-14-11-21(12-15-33)16-20-6-3-2-4-7-20/h2-10,13,17,21,24,26-28,35H,11-12,14-16,18-19H2,1H3/t24-,26-,27+,28+/m0/s1. The van der Waals surface area contributed by atoms with Crippen LogP contribution in [0.25, 0.3) is 11.1 Å². The molecule has 3 aliphatic heterocycles. The van der Waals surface area contributed by atoms with Gasteiger partial charge < -0.3 is 14.6 Å². The second-order valence-corrected chi connectivity index (χ2v) is 10.8. The molecule has 2 aromatic heterocycles. The zero-order chi connectivity index (χ0) is 25.5. The Morgan fingerprint density at radius 2 is 1.84 bits per heavy atom. The lowest BCUT2D eigenvalue weighted by atomic mass is 9.84. The molecule has 7 heteroatoms. The number of carbonyl (C=O) groups is 1. The first-order chi connectivity index (χ1) is 18.1. The van der Waals surface area contributed by atoms with Crippen molar-refractivity contribution in [3.05, 3.63) is 88.6 Å². The summed E-state index contributed by atoms with van der Waals surface area (Å²) in [4.78, 5) is 35.9. The zero-order valence-corrected chi connectivity index (χ0v) is 21.2. The Bertz CT molecular complexity index is 1320. The van der Waals surface area contributed by atoms with Gasteiger partial charge in [-0.2, -0.15) is 0 Å². The van der Waals surface area contributed by atoms with Crippen LogP contribution in [0, 0.1) is 17.8 Å². The molecule has 2 saturated heterocycles. The fourth-order valence-corrected chi connectivity index (χ4v) is 6.93. The van der Waals surface area contributed by atoms with E-state index in [1.54, 1.807) is 12.4 Å². The monoisotopic (exact) mass is 498 g/mol. The molecule has 37 heavy (non-hydrogen) atoms. The average molecular weight is 499 g/mol. The van der Waals surface area contributed by atoms with Crippen LogP contribution in [0.15, 0.2) is 71.8 Å². The number of nitrogens with zero attached hydrogens (tertiary/aromatic N) is 4. The average Bonchev–Trinajstić information content (AvgIpc) is 3.11. The van der Waals surface area contributed by atoms with Crippen LogP contribution in [0.3, 0.4) is 0 Å². The Balaban J connectivity index is 1.25. The Kier molecular flexibility index (Phi) is 6.42. The molecule has 3 aromatic rings. The van der Waals surface area contributed by atoms with E-state index in [0.29, 0.717) is 18.0 Å². The predicted octanol–water partition coefficient (Wildman–Crippen LogP) is 2.99. The van der Waals surface area contributed by atoms with Gasteiger partial charge >= 0.3 is 0 Å². The third kappa shape index (κ3) is 4.20. The van der Waals surface area contributed by atoms with Gasteiger partial charge in [-0.1, -0.05) is 36.4 Å². The van der Waals surface area contributed by atoms with E-state index in [9.17, 15) is 14.7 Å². The van der Waals surface area contributed by atoms with Crippen LogP contribution >= 0.6 is 0 Å². The van der Waals surface area contributed by atoms with Crippen LogP contribution in [-0.2, 0) is 17.8 Å². The lowest BCUT2D eigenvalue weighted by Crippen LogP contribution is -2.45. The van der Waals surface area contributed by atoms with E-state index in [1.807, 2.05) is 46.8 Å². The molecule has 192 valence electrons. The first-order valence-corrected chi connectivity index (χ1v) is 13.4. The number of piperidine rings is 1. The van der Waals surface area contributed by atoms with Gasteiger partial charge in [0.05, 0.1) is 12.0 Å². The number of aromatic nitrogens is 2. The summed E-state index contributed by atoms with van der Waals surface area (Å²) in [6.45, 7) is 1.91. The molecule has 1 amide bonds. The van der Waals surface area contributed by atoms with Crippen molar-refractivity contribution in [2.75, 3.05) is 26.7 Å². The van der Waals surface area contributed by atoms with Crippen molar-refractivity contribution in [2.45, 2.75) is 37.9 Å². The van der Waals surface area contributed by atoms with E-state index in [1.165, 1.54) is 5.56 Å². The maximum Gasteiger partial charge on any atom is 0.258 e. The number of hydrogen-bond acceptors (Lipinski definition) is 5. The number of carbonyl (C=O) groups excluding carboxylic acids is 1. The lowest BCUT2D eigenvalue weighted by Gasteiger charge is -2.37. The maximum atomic E-state index is 14.0. The number of benzene rings is 1. The summed E-state index contributed by atoms with van der Waals surface area (Å²) in [6, 6.07) is 17.9. The van der Waals surface area contributed by atoms with Crippen molar-refractivity contribution >= 4 is 5.91 Å². The molecule has 5 heterocycles. The van der Waals surface area contributed by atoms with E-state index >= 15 is 0 Å². The fourth-order valence-electron chi connectivity index (χ4n) is 6.93. The van der Waals surface area contributed by atoms with Crippen LogP contribution in [0.1, 0.15) is 30.1 Å². The highest BCUT2D eigenvalue weighted by Crippen LogP contribution is 2.48. The quantitative estimate of drug-likeness (QED) is 0.585. The van der Waals surface area contributed by atoms with Crippen molar-refractivity contribution in [3.63, 3.8) is 0 Å². The normalized spacial score (nSPS) is 25.7. The molecule has 0 aliphatic carbocycles. The molecule has 4 atom stereocenters. The number of amides is 1. The Labute approximate surface area is 217 Å². The number of likely N-dealkylation sites (tertiary alicyclic amines) is 1. The summed E-state index contributed by atoms with van der Waals surface area (Å²) < 4.78 is 1.83. The summed E-state index contributed by atoms with van der Waals surface area (Å²) in [5.74, 6) is 0.137. The second-order valence-electron chi connectivity index (χ2n) is 10.8. The summed E-state index contributed by atoms with van der Waals surface area (Å²) in [5, 5.41) is 10.4. The maximum absolute atomic E-state index is 14.0. The van der Waals surface area contributed by atoms with Crippen molar-refractivity contribution in [1.82, 2.24) is 19.4 Å². The highest BCUT2D eigenvalue weighted by Gasteiger charge is 2.55. The zero-order valence-electron chi connectivity index (χ0n) is 21.2. The highest BCUT2D eigenvalue weighted by molar-refractivity contribution is 5.81. The Hall–Kier alpha value is -3.29. The molecular weight excluding hydrogens is 464 g/mol. The van der Waals surface area contributed by atoms with E-state index in [4.69, 9.17) is 0 Å². The molecule has 2 fully saturated rings. The summed E-state index contributed by atoms with van der Waals surface area (Å²) >= 11 is 0. The number of fused-ring (bicyclic) bond motifs is 4. The SMILES string of the molecule is CN1[C@@H]2c3ccc(-c4cccnc4)c(=O)n3C[C@H]1[C@H](CO)[C@H]2C(=O)N1CCC(Cc2ccccc2)CC1. The molecule has 0 unspecified atom stereocenters. The topological polar surface area (TPSA) is 78.7 Å². The van der Waals surface area contributed by atoms with E-state index < -0.39 is 0 Å². The van der Waals surface area contributed by atoms with Crippen LogP contribution < -0.4 is 5.56 Å². The molecule has 0 saturated carbocycles. The van der Waals surface area contributed by atoms with Crippen LogP contribution in [-0.4, -0.2) is 63.2 Å². The summed E-state index contributed by atoms with van der Waals surface area (Å²) in [5.41, 5.74) is 3.57. The van der Waals surface area contributed by atoms with Gasteiger partial charge in [-0.15, -0.1) is 0 Å². The summed E-state index contributed by atoms with van der Waals surface area (Å²) in [6.07, 6.45) is 6.44. The van der Waals surface area contributed by atoms with Gasteiger partial charge in [0, 0.05) is 67.4 Å². The van der Waals surface area contributed by atoms with E-state index in [-0.39, 0.29) is 42.0 Å². The predicted molar refractivity (Wildman–Crippen MR) is 142 cm³/mol. The minimum Gasteiger partial charge on any atom is -0.396 e. The molecule has 2 bridgehead atoms. The molecule has 3 aliphatic rings. The number of likely N-dealkylation sites (N-methyl/N-ethyl adjacent to an activating group) is 1.